The molecule has 0 spiro atoms. The Morgan fingerprint density at radius 2 is 2.07 bits per heavy atom. The molecule has 1 aliphatic rings. The molecule has 0 radical (unpaired) electrons. The van der Waals surface area contributed by atoms with E-state index in [1.165, 1.54) is 0 Å². The van der Waals surface area contributed by atoms with Crippen LogP contribution in [0.4, 0.5) is 0 Å². The highest BCUT2D eigenvalue weighted by Crippen LogP contribution is 2.32. The molecule has 1 aliphatic carbocycles. The maximum absolute atomic E-state index is 11.3. The van der Waals surface area contributed by atoms with Crippen LogP contribution in [0.25, 0.3) is 0 Å². The van der Waals surface area contributed by atoms with Crippen molar-refractivity contribution in [3.05, 3.63) is 24.0 Å². The summed E-state index contributed by atoms with van der Waals surface area (Å²) in [6.45, 7) is 3.32. The molecule has 1 unspecified atom stereocenters. The summed E-state index contributed by atoms with van der Waals surface area (Å²) in [5.41, 5.74) is 0.826. The fourth-order valence-corrected chi connectivity index (χ4v) is 1.86. The van der Waals surface area contributed by atoms with Gasteiger partial charge in [-0.25, -0.2) is 4.52 Å². The summed E-state index contributed by atoms with van der Waals surface area (Å²) in [6.07, 6.45) is 4.61. The molecule has 1 rings (SSSR count). The van der Waals surface area contributed by atoms with Gasteiger partial charge in [0.1, 0.15) is 0 Å². The van der Waals surface area contributed by atoms with Crippen LogP contribution in [0.15, 0.2) is 24.0 Å². The summed E-state index contributed by atoms with van der Waals surface area (Å²) in [5, 5.41) is 0. The number of ketones is 1. The second kappa shape index (κ2) is 5.03. The van der Waals surface area contributed by atoms with E-state index < -0.39 is 14.0 Å². The van der Waals surface area contributed by atoms with Crippen molar-refractivity contribution in [2.75, 3.05) is 0 Å². The van der Waals surface area contributed by atoms with Gasteiger partial charge in [-0.15, -0.1) is 4.89 Å². The zero-order valence-electron chi connectivity index (χ0n) is 7.73. The first kappa shape index (κ1) is 11.1. The summed E-state index contributed by atoms with van der Waals surface area (Å²) in [6, 6.07) is 0. The number of carbonyl (C=O) groups is 1. The molecule has 1 saturated carbocycles. The first-order chi connectivity index (χ1) is 6.65. The standard InChI is InChI=1S/C9H11O4P/c1-2-8(10)9(13-14(11)12)7-5-3-4-6-7/h2H,1,3-6H2/p+1. The SMILES string of the molecule is C=CC(=O)C(O[P+](=O)O)=C1CCCC1. The van der Waals surface area contributed by atoms with Gasteiger partial charge in [0.25, 0.3) is 0 Å². The van der Waals surface area contributed by atoms with E-state index in [1.807, 2.05) is 0 Å². The Kier molecular flexibility index (Phi) is 3.98. The van der Waals surface area contributed by atoms with E-state index in [0.717, 1.165) is 37.3 Å². The molecule has 0 aliphatic heterocycles. The monoisotopic (exact) mass is 215 g/mol. The molecule has 0 aromatic carbocycles. The molecule has 1 fully saturated rings. The number of carbonyl (C=O) groups excluding carboxylic acids is 1. The van der Waals surface area contributed by atoms with Gasteiger partial charge in [-0.05, 0) is 37.3 Å². The van der Waals surface area contributed by atoms with E-state index in [0.29, 0.717) is 0 Å². The highest BCUT2D eigenvalue weighted by Gasteiger charge is 2.26. The highest BCUT2D eigenvalue weighted by atomic mass is 31.1. The Balaban J connectivity index is 2.90. The predicted molar refractivity (Wildman–Crippen MR) is 51.6 cm³/mol. The van der Waals surface area contributed by atoms with Crippen LogP contribution in [0.3, 0.4) is 0 Å². The van der Waals surface area contributed by atoms with Crippen molar-refractivity contribution in [2.45, 2.75) is 25.7 Å². The zero-order chi connectivity index (χ0) is 10.6. The molecule has 0 aromatic rings. The second-order valence-electron chi connectivity index (χ2n) is 3.04. The molecule has 76 valence electrons. The lowest BCUT2D eigenvalue weighted by Gasteiger charge is -1.99. The topological polar surface area (TPSA) is 63.6 Å². The summed E-state index contributed by atoms with van der Waals surface area (Å²) < 4.78 is 15.1. The summed E-state index contributed by atoms with van der Waals surface area (Å²) in [5.74, 6) is -0.402. The summed E-state index contributed by atoms with van der Waals surface area (Å²) >= 11 is 0. The van der Waals surface area contributed by atoms with Crippen molar-refractivity contribution in [2.24, 2.45) is 0 Å². The van der Waals surface area contributed by atoms with Gasteiger partial charge in [0.15, 0.2) is 0 Å². The van der Waals surface area contributed by atoms with Crippen molar-refractivity contribution in [3.8, 4) is 0 Å². The lowest BCUT2D eigenvalue weighted by atomic mass is 10.1. The van der Waals surface area contributed by atoms with Crippen LogP contribution in [0.1, 0.15) is 25.7 Å². The molecule has 0 bridgehead atoms. The fraction of sp³-hybridized carbons (Fsp3) is 0.444. The third-order valence-corrected chi connectivity index (χ3v) is 2.45. The second-order valence-corrected chi connectivity index (χ2v) is 3.70. The molecule has 0 aromatic heterocycles. The van der Waals surface area contributed by atoms with Gasteiger partial charge >= 0.3 is 8.25 Å². The van der Waals surface area contributed by atoms with Crippen molar-refractivity contribution >= 4 is 14.0 Å². The van der Waals surface area contributed by atoms with Gasteiger partial charge < -0.3 is 0 Å². The Morgan fingerprint density at radius 1 is 1.50 bits per heavy atom. The minimum atomic E-state index is -2.77. The molecular weight excluding hydrogens is 203 g/mol. The van der Waals surface area contributed by atoms with E-state index in [1.54, 1.807) is 0 Å². The Bertz CT molecular complexity index is 298. The molecule has 0 saturated heterocycles. The van der Waals surface area contributed by atoms with Gasteiger partial charge in [0.2, 0.25) is 11.5 Å². The normalized spacial score (nSPS) is 16.4. The quantitative estimate of drug-likeness (QED) is 0.443. The van der Waals surface area contributed by atoms with E-state index in [-0.39, 0.29) is 5.76 Å². The summed E-state index contributed by atoms with van der Waals surface area (Å²) in [7, 11) is -2.77. The molecule has 0 heterocycles. The lowest BCUT2D eigenvalue weighted by molar-refractivity contribution is -0.113. The summed E-state index contributed by atoms with van der Waals surface area (Å²) in [4.78, 5) is 19.9. The van der Waals surface area contributed by atoms with Crippen molar-refractivity contribution in [3.63, 3.8) is 0 Å². The van der Waals surface area contributed by atoms with Crippen molar-refractivity contribution in [1.82, 2.24) is 0 Å². The molecule has 5 heteroatoms. The molecule has 14 heavy (non-hydrogen) atoms. The lowest BCUT2D eigenvalue weighted by Crippen LogP contribution is -2.02. The highest BCUT2D eigenvalue weighted by molar-refractivity contribution is 7.32. The van der Waals surface area contributed by atoms with E-state index >= 15 is 0 Å². The molecular formula is C9H12O4P+. The first-order valence-electron chi connectivity index (χ1n) is 4.38. The van der Waals surface area contributed by atoms with Crippen LogP contribution in [-0.4, -0.2) is 10.7 Å². The van der Waals surface area contributed by atoms with Crippen LogP contribution >= 0.6 is 8.25 Å². The maximum Gasteiger partial charge on any atom is 0.747 e. The Morgan fingerprint density at radius 3 is 2.50 bits per heavy atom. The van der Waals surface area contributed by atoms with Gasteiger partial charge in [0, 0.05) is 4.57 Å². The molecule has 1 N–H and O–H groups in total. The van der Waals surface area contributed by atoms with Gasteiger partial charge in [-0.3, -0.25) is 4.79 Å². The maximum atomic E-state index is 11.3. The first-order valence-corrected chi connectivity index (χ1v) is 5.51. The van der Waals surface area contributed by atoms with Crippen LogP contribution in [0.5, 0.6) is 0 Å². The number of allylic oxidation sites excluding steroid dienone is 2. The van der Waals surface area contributed by atoms with Crippen LogP contribution < -0.4 is 0 Å². The van der Waals surface area contributed by atoms with E-state index in [9.17, 15) is 9.36 Å². The van der Waals surface area contributed by atoms with Crippen LogP contribution in [0, 0.1) is 0 Å². The Labute approximate surface area is 83.2 Å². The number of rotatable bonds is 4. The average molecular weight is 215 g/mol. The smallest absolute Gasteiger partial charge is 0.286 e. The van der Waals surface area contributed by atoms with Gasteiger partial charge in [0.05, 0.1) is 0 Å². The third kappa shape index (κ3) is 2.76. The van der Waals surface area contributed by atoms with Crippen LogP contribution in [0.2, 0.25) is 0 Å². The van der Waals surface area contributed by atoms with Crippen molar-refractivity contribution in [1.29, 1.82) is 0 Å². The largest absolute Gasteiger partial charge is 0.747 e. The van der Waals surface area contributed by atoms with Crippen molar-refractivity contribution < 1.29 is 18.8 Å². The molecule has 1 atom stereocenters. The Hall–Kier alpha value is -0.990. The fourth-order valence-electron chi connectivity index (χ4n) is 1.48. The molecule has 4 nitrogen and oxygen atoms in total. The van der Waals surface area contributed by atoms with Gasteiger partial charge in [-0.1, -0.05) is 6.58 Å². The van der Waals surface area contributed by atoms with Gasteiger partial charge in [-0.2, -0.15) is 0 Å². The van der Waals surface area contributed by atoms with Crippen LogP contribution in [-0.2, 0) is 13.9 Å². The minimum absolute atomic E-state index is 0.0149. The minimum Gasteiger partial charge on any atom is -0.286 e. The number of hydrogen-bond donors (Lipinski definition) is 1. The number of hydrogen-bond acceptors (Lipinski definition) is 3. The van der Waals surface area contributed by atoms with E-state index in [4.69, 9.17) is 4.89 Å². The predicted octanol–water partition coefficient (Wildman–Crippen LogP) is 2.24. The van der Waals surface area contributed by atoms with E-state index in [2.05, 4.69) is 11.1 Å². The zero-order valence-corrected chi connectivity index (χ0v) is 8.63. The molecule has 0 amide bonds. The third-order valence-electron chi connectivity index (χ3n) is 2.11. The average Bonchev–Trinajstić information content (AvgIpc) is 2.65.